The van der Waals surface area contributed by atoms with Crippen molar-refractivity contribution in [1.29, 1.82) is 0 Å². The van der Waals surface area contributed by atoms with Gasteiger partial charge in [0.1, 0.15) is 5.82 Å². The van der Waals surface area contributed by atoms with Crippen molar-refractivity contribution in [1.82, 2.24) is 19.9 Å². The average molecular weight is 315 g/mol. The first-order chi connectivity index (χ1) is 10.7. The molecule has 3 rings (SSSR count). The molecule has 0 aliphatic heterocycles. The highest BCUT2D eigenvalue weighted by molar-refractivity contribution is 7.15. The van der Waals surface area contributed by atoms with Crippen LogP contribution in [-0.2, 0) is 13.1 Å². The summed E-state index contributed by atoms with van der Waals surface area (Å²) in [5.74, 6) is 0.669. The Morgan fingerprint density at radius 3 is 2.86 bits per heavy atom. The number of nitrogens with two attached hydrogens (primary N) is 1. The number of hydrogen-bond donors (Lipinski definition) is 2. The minimum Gasteiger partial charge on any atom is -0.375 e. The van der Waals surface area contributed by atoms with Crippen molar-refractivity contribution in [3.8, 4) is 0 Å². The van der Waals surface area contributed by atoms with Crippen LogP contribution in [0.3, 0.4) is 0 Å². The Balaban J connectivity index is 1.82. The number of benzene rings is 1. The van der Waals surface area contributed by atoms with Crippen LogP contribution in [0.15, 0.2) is 35.3 Å². The van der Waals surface area contributed by atoms with E-state index in [0.29, 0.717) is 22.9 Å². The largest absolute Gasteiger partial charge is 0.375 e. The third-order valence-corrected chi connectivity index (χ3v) is 4.24. The van der Waals surface area contributed by atoms with Crippen LogP contribution in [0.25, 0.3) is 10.9 Å². The summed E-state index contributed by atoms with van der Waals surface area (Å²) in [4.78, 5) is 26.8. The van der Waals surface area contributed by atoms with Crippen LogP contribution in [0, 0.1) is 0 Å². The third kappa shape index (κ3) is 3.15. The zero-order valence-corrected chi connectivity index (χ0v) is 13.1. The van der Waals surface area contributed by atoms with Crippen molar-refractivity contribution >= 4 is 27.4 Å². The number of para-hydroxylation sites is 1. The van der Waals surface area contributed by atoms with Crippen LogP contribution in [0.5, 0.6) is 0 Å². The Morgan fingerprint density at radius 1 is 1.32 bits per heavy atom. The summed E-state index contributed by atoms with van der Waals surface area (Å²) in [5, 5.41) is 1.19. The number of thiazole rings is 1. The molecule has 2 aromatic heterocycles. The van der Waals surface area contributed by atoms with Gasteiger partial charge in [0.05, 0.1) is 17.4 Å². The van der Waals surface area contributed by atoms with Crippen molar-refractivity contribution in [3.05, 3.63) is 51.5 Å². The molecular weight excluding hydrogens is 298 g/mol. The molecule has 7 heteroatoms. The molecular formula is C15H17N5OS. The van der Waals surface area contributed by atoms with Crippen molar-refractivity contribution in [2.45, 2.75) is 20.0 Å². The summed E-state index contributed by atoms with van der Waals surface area (Å²) in [6.45, 7) is 4.23. The summed E-state index contributed by atoms with van der Waals surface area (Å²) in [5.41, 5.74) is 6.28. The molecule has 0 unspecified atom stereocenters. The number of nitrogens with zero attached hydrogens (tertiary/aromatic N) is 3. The van der Waals surface area contributed by atoms with Gasteiger partial charge in [-0.3, -0.25) is 9.69 Å². The molecule has 2 heterocycles. The molecule has 0 aliphatic carbocycles. The number of nitrogen functional groups attached to an aromatic ring is 1. The molecule has 0 bridgehead atoms. The molecule has 0 amide bonds. The van der Waals surface area contributed by atoms with Crippen LogP contribution in [-0.4, -0.2) is 26.4 Å². The van der Waals surface area contributed by atoms with Crippen molar-refractivity contribution in [2.24, 2.45) is 0 Å². The Labute approximate surface area is 131 Å². The summed E-state index contributed by atoms with van der Waals surface area (Å²) in [6, 6.07) is 7.36. The fraction of sp³-hybridized carbons (Fsp3) is 0.267. The molecule has 0 saturated heterocycles. The van der Waals surface area contributed by atoms with Crippen molar-refractivity contribution in [3.63, 3.8) is 0 Å². The number of nitrogens with one attached hydrogen (secondary N) is 1. The topological polar surface area (TPSA) is 87.9 Å². The van der Waals surface area contributed by atoms with Gasteiger partial charge in [0.15, 0.2) is 5.13 Å². The van der Waals surface area contributed by atoms with Crippen LogP contribution in [0.2, 0.25) is 0 Å². The van der Waals surface area contributed by atoms with E-state index in [0.717, 1.165) is 23.5 Å². The predicted octanol–water partition coefficient (Wildman–Crippen LogP) is 1.98. The van der Waals surface area contributed by atoms with Gasteiger partial charge < -0.3 is 10.7 Å². The van der Waals surface area contributed by atoms with Gasteiger partial charge in [0, 0.05) is 17.6 Å². The molecule has 22 heavy (non-hydrogen) atoms. The highest BCUT2D eigenvalue weighted by atomic mass is 32.1. The molecule has 0 spiro atoms. The average Bonchev–Trinajstić information content (AvgIpc) is 2.92. The lowest BCUT2D eigenvalue weighted by atomic mass is 10.2. The van der Waals surface area contributed by atoms with Gasteiger partial charge in [-0.1, -0.05) is 19.1 Å². The molecule has 0 saturated carbocycles. The molecule has 0 radical (unpaired) electrons. The second-order valence-electron chi connectivity index (χ2n) is 5.00. The Bertz CT molecular complexity index is 841. The highest BCUT2D eigenvalue weighted by Crippen LogP contribution is 2.17. The van der Waals surface area contributed by atoms with Crippen LogP contribution >= 0.6 is 11.3 Å². The first-order valence-electron chi connectivity index (χ1n) is 7.06. The van der Waals surface area contributed by atoms with Gasteiger partial charge in [-0.2, -0.15) is 0 Å². The zero-order valence-electron chi connectivity index (χ0n) is 12.2. The number of aromatic amines is 1. The maximum absolute atomic E-state index is 12.1. The van der Waals surface area contributed by atoms with E-state index < -0.39 is 0 Å². The van der Waals surface area contributed by atoms with E-state index in [-0.39, 0.29) is 5.56 Å². The smallest absolute Gasteiger partial charge is 0.258 e. The van der Waals surface area contributed by atoms with Crippen LogP contribution in [0.1, 0.15) is 17.6 Å². The second kappa shape index (κ2) is 6.25. The fourth-order valence-electron chi connectivity index (χ4n) is 2.32. The number of hydrogen-bond acceptors (Lipinski definition) is 6. The molecule has 0 fully saturated rings. The third-order valence-electron chi connectivity index (χ3n) is 3.43. The van der Waals surface area contributed by atoms with E-state index in [1.54, 1.807) is 12.3 Å². The minimum atomic E-state index is -0.0984. The molecule has 114 valence electrons. The Hall–Kier alpha value is -2.25. The minimum absolute atomic E-state index is 0.0984. The van der Waals surface area contributed by atoms with Gasteiger partial charge >= 0.3 is 0 Å². The van der Waals surface area contributed by atoms with E-state index in [1.165, 1.54) is 11.3 Å². The van der Waals surface area contributed by atoms with E-state index >= 15 is 0 Å². The van der Waals surface area contributed by atoms with E-state index in [4.69, 9.17) is 5.73 Å². The zero-order chi connectivity index (χ0) is 15.5. The molecule has 1 aromatic carbocycles. The van der Waals surface area contributed by atoms with Crippen LogP contribution in [0.4, 0.5) is 5.13 Å². The lowest BCUT2D eigenvalue weighted by molar-refractivity contribution is 0.267. The molecule has 3 N–H and O–H groups in total. The highest BCUT2D eigenvalue weighted by Gasteiger charge is 2.10. The summed E-state index contributed by atoms with van der Waals surface area (Å²) >= 11 is 1.48. The first kappa shape index (κ1) is 14.7. The fourth-order valence-corrected chi connectivity index (χ4v) is 3.04. The number of anilines is 1. The van der Waals surface area contributed by atoms with Gasteiger partial charge in [-0.05, 0) is 18.7 Å². The standard InChI is InChI=1S/C15H17N5OS/c1-2-20(8-10-7-17-15(16)22-10)9-13-18-12-6-4-3-5-11(12)14(21)19-13/h3-7H,2,8-9H2,1H3,(H2,16,17)(H,18,19,21). The Morgan fingerprint density at radius 2 is 2.14 bits per heavy atom. The van der Waals surface area contributed by atoms with Gasteiger partial charge in [0.2, 0.25) is 0 Å². The van der Waals surface area contributed by atoms with E-state index in [2.05, 4.69) is 26.8 Å². The number of fused-ring (bicyclic) bond motifs is 1. The molecule has 0 aliphatic rings. The van der Waals surface area contributed by atoms with Gasteiger partial charge in [-0.25, -0.2) is 9.97 Å². The number of H-pyrrole nitrogens is 1. The predicted molar refractivity (Wildman–Crippen MR) is 88.7 cm³/mol. The summed E-state index contributed by atoms with van der Waals surface area (Å²) in [7, 11) is 0. The quantitative estimate of drug-likeness (QED) is 0.751. The molecule has 3 aromatic rings. The lowest BCUT2D eigenvalue weighted by Gasteiger charge is -2.18. The van der Waals surface area contributed by atoms with Crippen molar-refractivity contribution < 1.29 is 0 Å². The summed E-state index contributed by atoms with van der Waals surface area (Å²) in [6.07, 6.45) is 1.79. The molecule has 0 atom stereocenters. The SMILES string of the molecule is CCN(Cc1nc2ccccc2c(=O)[nH]1)Cc1cnc(N)s1. The van der Waals surface area contributed by atoms with E-state index in [9.17, 15) is 4.79 Å². The lowest BCUT2D eigenvalue weighted by Crippen LogP contribution is -2.25. The van der Waals surface area contributed by atoms with Crippen molar-refractivity contribution in [2.75, 3.05) is 12.3 Å². The first-order valence-corrected chi connectivity index (χ1v) is 7.88. The Kier molecular flexibility index (Phi) is 4.17. The maximum atomic E-state index is 12.1. The number of rotatable bonds is 5. The summed E-state index contributed by atoms with van der Waals surface area (Å²) < 4.78 is 0. The van der Waals surface area contributed by atoms with E-state index in [1.807, 2.05) is 18.2 Å². The van der Waals surface area contributed by atoms with Crippen LogP contribution < -0.4 is 11.3 Å². The second-order valence-corrected chi connectivity index (χ2v) is 6.14. The monoisotopic (exact) mass is 315 g/mol. The normalized spacial score (nSPS) is 11.4. The maximum Gasteiger partial charge on any atom is 0.258 e. The number of aromatic nitrogens is 3. The van der Waals surface area contributed by atoms with Gasteiger partial charge in [0.25, 0.3) is 5.56 Å². The van der Waals surface area contributed by atoms with Gasteiger partial charge in [-0.15, -0.1) is 11.3 Å². The molecule has 6 nitrogen and oxygen atoms in total.